The summed E-state index contributed by atoms with van der Waals surface area (Å²) in [6, 6.07) is 7.49. The van der Waals surface area contributed by atoms with Crippen LogP contribution in [-0.2, 0) is 11.3 Å². The van der Waals surface area contributed by atoms with Crippen LogP contribution in [0, 0.1) is 0 Å². The molecule has 0 unspecified atom stereocenters. The van der Waals surface area contributed by atoms with E-state index < -0.39 is 5.97 Å². The first-order valence-corrected chi connectivity index (χ1v) is 6.42. The maximum Gasteiger partial charge on any atom is 0.303 e. The number of rotatable bonds is 7. The van der Waals surface area contributed by atoms with Crippen molar-refractivity contribution in [3.05, 3.63) is 24.3 Å². The van der Waals surface area contributed by atoms with Crippen LogP contribution < -0.4 is 4.74 Å². The molecule has 0 saturated carbocycles. The lowest BCUT2D eigenvalue weighted by Crippen LogP contribution is -2.05. The minimum atomic E-state index is -0.821. The van der Waals surface area contributed by atoms with E-state index in [0.29, 0.717) is 25.4 Å². The molecule has 0 aliphatic heterocycles. The number of aromatic nitrogens is 4. The molecule has 20 heavy (non-hydrogen) atoms. The molecule has 7 nitrogen and oxygen atoms in total. The van der Waals surface area contributed by atoms with Gasteiger partial charge in [-0.3, -0.25) is 4.79 Å². The van der Waals surface area contributed by atoms with E-state index in [1.165, 1.54) is 0 Å². The Labute approximate surface area is 116 Å². The lowest BCUT2D eigenvalue weighted by atomic mass is 10.2. The van der Waals surface area contributed by atoms with Crippen LogP contribution in [-0.4, -0.2) is 37.9 Å². The third-order valence-electron chi connectivity index (χ3n) is 2.70. The normalized spacial score (nSPS) is 10.4. The number of aliphatic carboxylic acids is 1. The summed E-state index contributed by atoms with van der Waals surface area (Å²) >= 11 is 0. The van der Waals surface area contributed by atoms with Crippen LogP contribution in [0.4, 0.5) is 0 Å². The summed E-state index contributed by atoms with van der Waals surface area (Å²) in [5.41, 5.74) is 0.844. The third kappa shape index (κ3) is 3.53. The molecule has 1 heterocycles. The fraction of sp³-hybridized carbons (Fsp3) is 0.385. The topological polar surface area (TPSA) is 90.1 Å². The highest BCUT2D eigenvalue weighted by atomic mass is 16.5. The summed E-state index contributed by atoms with van der Waals surface area (Å²) in [5.74, 6) is 0.542. The van der Waals surface area contributed by atoms with Crippen LogP contribution in [0.25, 0.3) is 11.4 Å². The molecule has 0 spiro atoms. The summed E-state index contributed by atoms with van der Waals surface area (Å²) in [6.07, 6.45) is 0.580. The van der Waals surface area contributed by atoms with Gasteiger partial charge in [0.2, 0.25) is 0 Å². The molecule has 0 bridgehead atoms. The Kier molecular flexibility index (Phi) is 4.65. The van der Waals surface area contributed by atoms with Gasteiger partial charge in [-0.25, -0.2) is 4.68 Å². The van der Waals surface area contributed by atoms with Crippen LogP contribution in [0.3, 0.4) is 0 Å². The minimum Gasteiger partial charge on any atom is -0.494 e. The number of hydrogen-bond acceptors (Lipinski definition) is 5. The second-order valence-electron chi connectivity index (χ2n) is 4.18. The number of carboxylic acid groups (broad SMARTS) is 1. The van der Waals surface area contributed by atoms with Crippen LogP contribution in [0.5, 0.6) is 5.75 Å². The van der Waals surface area contributed by atoms with Crippen molar-refractivity contribution in [1.29, 1.82) is 0 Å². The zero-order chi connectivity index (χ0) is 14.4. The number of benzene rings is 1. The van der Waals surface area contributed by atoms with E-state index in [-0.39, 0.29) is 6.42 Å². The Morgan fingerprint density at radius 2 is 2.30 bits per heavy atom. The highest BCUT2D eigenvalue weighted by Crippen LogP contribution is 2.21. The van der Waals surface area contributed by atoms with Gasteiger partial charge in [-0.05, 0) is 35.9 Å². The SMILES string of the molecule is CCOc1cccc(-c2nnnn2CCCC(=O)O)c1. The van der Waals surface area contributed by atoms with Crippen molar-refractivity contribution in [2.75, 3.05) is 6.61 Å². The van der Waals surface area contributed by atoms with Crippen LogP contribution in [0.1, 0.15) is 19.8 Å². The fourth-order valence-corrected chi connectivity index (χ4v) is 1.83. The smallest absolute Gasteiger partial charge is 0.303 e. The molecule has 2 rings (SSSR count). The van der Waals surface area contributed by atoms with E-state index in [4.69, 9.17) is 9.84 Å². The van der Waals surface area contributed by atoms with E-state index in [0.717, 1.165) is 11.3 Å². The molecule has 0 aliphatic carbocycles. The number of aryl methyl sites for hydroxylation is 1. The predicted octanol–water partition coefficient (Wildman–Crippen LogP) is 1.60. The Morgan fingerprint density at radius 3 is 3.05 bits per heavy atom. The lowest BCUT2D eigenvalue weighted by Gasteiger charge is -2.06. The van der Waals surface area contributed by atoms with Gasteiger partial charge in [0.25, 0.3) is 0 Å². The number of carbonyl (C=O) groups is 1. The summed E-state index contributed by atoms with van der Waals surface area (Å²) in [6.45, 7) is 2.98. The standard InChI is InChI=1S/C13H16N4O3/c1-2-20-11-6-3-5-10(9-11)13-14-15-16-17(13)8-4-7-12(18)19/h3,5-6,9H,2,4,7-8H2,1H3,(H,18,19). The monoisotopic (exact) mass is 276 g/mol. The number of nitrogens with zero attached hydrogens (tertiary/aromatic N) is 4. The van der Waals surface area contributed by atoms with Gasteiger partial charge in [-0.2, -0.15) is 0 Å². The van der Waals surface area contributed by atoms with E-state index in [1.54, 1.807) is 4.68 Å². The Balaban J connectivity index is 2.14. The quantitative estimate of drug-likeness (QED) is 0.826. The summed E-state index contributed by atoms with van der Waals surface area (Å²) < 4.78 is 7.05. The fourth-order valence-electron chi connectivity index (χ4n) is 1.83. The average molecular weight is 276 g/mol. The minimum absolute atomic E-state index is 0.0955. The maximum absolute atomic E-state index is 10.5. The Hall–Kier alpha value is -2.44. The van der Waals surface area contributed by atoms with Crippen molar-refractivity contribution in [3.63, 3.8) is 0 Å². The van der Waals surface area contributed by atoms with Crippen molar-refractivity contribution in [1.82, 2.24) is 20.2 Å². The molecule has 106 valence electrons. The van der Waals surface area contributed by atoms with Gasteiger partial charge in [0.1, 0.15) is 5.75 Å². The van der Waals surface area contributed by atoms with Crippen molar-refractivity contribution in [2.24, 2.45) is 0 Å². The van der Waals surface area contributed by atoms with Crippen LogP contribution >= 0.6 is 0 Å². The highest BCUT2D eigenvalue weighted by molar-refractivity contribution is 5.66. The molecule has 2 aromatic rings. The summed E-state index contributed by atoms with van der Waals surface area (Å²) in [4.78, 5) is 10.5. The molecule has 7 heteroatoms. The van der Waals surface area contributed by atoms with Gasteiger partial charge in [0.05, 0.1) is 6.61 Å². The average Bonchev–Trinajstić information content (AvgIpc) is 2.87. The first-order valence-electron chi connectivity index (χ1n) is 6.42. The first kappa shape index (κ1) is 14.0. The van der Waals surface area contributed by atoms with Crippen molar-refractivity contribution >= 4 is 5.97 Å². The Morgan fingerprint density at radius 1 is 1.45 bits per heavy atom. The van der Waals surface area contributed by atoms with E-state index in [2.05, 4.69) is 15.5 Å². The molecule has 0 saturated heterocycles. The molecule has 0 atom stereocenters. The molecular weight excluding hydrogens is 260 g/mol. The van der Waals surface area contributed by atoms with Gasteiger partial charge in [-0.15, -0.1) is 5.10 Å². The Bertz CT molecular complexity index is 583. The number of ether oxygens (including phenoxy) is 1. The van der Waals surface area contributed by atoms with Gasteiger partial charge in [-0.1, -0.05) is 12.1 Å². The maximum atomic E-state index is 10.5. The molecule has 0 amide bonds. The zero-order valence-electron chi connectivity index (χ0n) is 11.2. The van der Waals surface area contributed by atoms with Gasteiger partial charge < -0.3 is 9.84 Å². The van der Waals surface area contributed by atoms with Crippen LogP contribution in [0.15, 0.2) is 24.3 Å². The second kappa shape index (κ2) is 6.65. The first-order chi connectivity index (χ1) is 9.70. The van der Waals surface area contributed by atoms with Gasteiger partial charge in [0, 0.05) is 18.5 Å². The molecule has 0 aliphatic rings. The summed E-state index contributed by atoms with van der Waals surface area (Å²) in [7, 11) is 0. The van der Waals surface area contributed by atoms with Crippen molar-refractivity contribution in [2.45, 2.75) is 26.3 Å². The molecule has 0 fully saturated rings. The molecular formula is C13H16N4O3. The van der Waals surface area contributed by atoms with Gasteiger partial charge >= 0.3 is 5.97 Å². The predicted molar refractivity (Wildman–Crippen MR) is 71.3 cm³/mol. The molecule has 0 radical (unpaired) electrons. The van der Waals surface area contributed by atoms with E-state index in [1.807, 2.05) is 31.2 Å². The zero-order valence-corrected chi connectivity index (χ0v) is 11.2. The summed E-state index contributed by atoms with van der Waals surface area (Å²) in [5, 5.41) is 20.2. The molecule has 1 aromatic carbocycles. The van der Waals surface area contributed by atoms with Crippen molar-refractivity contribution < 1.29 is 14.6 Å². The highest BCUT2D eigenvalue weighted by Gasteiger charge is 2.10. The van der Waals surface area contributed by atoms with E-state index >= 15 is 0 Å². The van der Waals surface area contributed by atoms with Crippen molar-refractivity contribution in [3.8, 4) is 17.1 Å². The largest absolute Gasteiger partial charge is 0.494 e. The van der Waals surface area contributed by atoms with E-state index in [9.17, 15) is 4.79 Å². The lowest BCUT2D eigenvalue weighted by molar-refractivity contribution is -0.137. The molecule has 1 aromatic heterocycles. The second-order valence-corrected chi connectivity index (χ2v) is 4.18. The van der Waals surface area contributed by atoms with Gasteiger partial charge in [0.15, 0.2) is 5.82 Å². The number of carboxylic acids is 1. The molecule has 1 N–H and O–H groups in total. The third-order valence-corrected chi connectivity index (χ3v) is 2.70. The number of hydrogen-bond donors (Lipinski definition) is 1. The van der Waals surface area contributed by atoms with Crippen LogP contribution in [0.2, 0.25) is 0 Å². The number of tetrazole rings is 1.